The first-order valence-electron chi connectivity index (χ1n) is 13.1. The van der Waals surface area contributed by atoms with Crippen LogP contribution in [0.4, 0.5) is 0 Å². The number of amides is 4. The van der Waals surface area contributed by atoms with Crippen molar-refractivity contribution in [2.75, 3.05) is 19.0 Å². The number of rotatable bonds is 21. The quantitative estimate of drug-likeness (QED) is 0.0327. The van der Waals surface area contributed by atoms with Crippen molar-refractivity contribution in [2.45, 2.75) is 89.4 Å². The van der Waals surface area contributed by atoms with Crippen molar-refractivity contribution in [3.05, 3.63) is 0 Å². The number of guanidine groups is 1. The minimum Gasteiger partial charge on any atom is -0.370 e. The first kappa shape index (κ1) is 36.0. The summed E-state index contributed by atoms with van der Waals surface area (Å²) in [6, 6.07) is -3.98. The fourth-order valence-corrected chi connectivity index (χ4v) is 3.82. The predicted octanol–water partition coefficient (Wildman–Crippen LogP) is -1.93. The topological polar surface area (TPSA) is 264 Å². The molecule has 15 heteroatoms. The van der Waals surface area contributed by atoms with E-state index in [0.29, 0.717) is 32.2 Å². The van der Waals surface area contributed by atoms with E-state index >= 15 is 0 Å². The molecule has 0 aliphatic carbocycles. The third-order valence-electron chi connectivity index (χ3n) is 5.74. The number of carbonyl (C=O) groups is 5. The molecule has 0 heterocycles. The average Bonchev–Trinajstić information content (AvgIpc) is 2.86. The van der Waals surface area contributed by atoms with E-state index in [1.165, 1.54) is 0 Å². The first-order valence-corrected chi connectivity index (χ1v) is 13.6. The van der Waals surface area contributed by atoms with Gasteiger partial charge >= 0.3 is 0 Å². The Labute approximate surface area is 234 Å². The van der Waals surface area contributed by atoms with Gasteiger partial charge in [-0.3, -0.25) is 29.0 Å². The van der Waals surface area contributed by atoms with Gasteiger partial charge in [-0.1, -0.05) is 20.3 Å². The summed E-state index contributed by atoms with van der Waals surface area (Å²) in [4.78, 5) is 66.5. The molecule has 0 saturated carbocycles. The van der Waals surface area contributed by atoms with Gasteiger partial charge in [-0.25, -0.2) is 0 Å². The number of alkyl halides is 1. The van der Waals surface area contributed by atoms with Crippen LogP contribution < -0.4 is 44.6 Å². The normalized spacial score (nSPS) is 14.0. The van der Waals surface area contributed by atoms with Crippen LogP contribution >= 0.6 is 11.6 Å². The van der Waals surface area contributed by atoms with Crippen molar-refractivity contribution in [2.24, 2.45) is 39.6 Å². The average molecular weight is 576 g/mol. The highest BCUT2D eigenvalue weighted by Crippen LogP contribution is 2.09. The third-order valence-corrected chi connectivity index (χ3v) is 6.00. The van der Waals surface area contributed by atoms with E-state index in [1.807, 2.05) is 13.8 Å². The molecule has 0 aliphatic heterocycles. The highest BCUT2D eigenvalue weighted by atomic mass is 35.5. The molecule has 13 N–H and O–H groups in total. The number of halogens is 1. The van der Waals surface area contributed by atoms with Gasteiger partial charge < -0.3 is 44.6 Å². The summed E-state index contributed by atoms with van der Waals surface area (Å²) in [5, 5.41) is 7.85. The van der Waals surface area contributed by atoms with E-state index in [0.717, 1.165) is 0 Å². The highest BCUT2D eigenvalue weighted by Gasteiger charge is 2.30. The number of hydrogen-bond acceptors (Lipinski definition) is 8. The molecule has 224 valence electrons. The Balaban J connectivity index is 5.58. The molecule has 0 unspecified atom stereocenters. The summed E-state index contributed by atoms with van der Waals surface area (Å²) in [5.41, 5.74) is 27.3. The lowest BCUT2D eigenvalue weighted by Crippen LogP contribution is -2.57. The van der Waals surface area contributed by atoms with Crippen LogP contribution in [0.1, 0.15) is 65.2 Å². The van der Waals surface area contributed by atoms with Crippen LogP contribution in [0.15, 0.2) is 4.99 Å². The molecular weight excluding hydrogens is 530 g/mol. The van der Waals surface area contributed by atoms with E-state index in [1.54, 1.807) is 0 Å². The van der Waals surface area contributed by atoms with Crippen LogP contribution in [0.5, 0.6) is 0 Å². The minimum atomic E-state index is -1.16. The lowest BCUT2D eigenvalue weighted by molar-refractivity contribution is -0.134. The van der Waals surface area contributed by atoms with Crippen LogP contribution in [0.2, 0.25) is 0 Å². The fraction of sp³-hybridized carbons (Fsp3) is 0.750. The van der Waals surface area contributed by atoms with Gasteiger partial charge in [0.2, 0.25) is 23.6 Å². The number of nitrogens with one attached hydrogen (secondary N) is 3. The zero-order valence-electron chi connectivity index (χ0n) is 22.9. The maximum Gasteiger partial charge on any atom is 0.243 e. The number of unbranched alkanes of at least 4 members (excludes halogenated alkanes) is 1. The number of nitrogens with two attached hydrogens (primary N) is 5. The Hall–Kier alpha value is -2.97. The Morgan fingerprint density at radius 3 is 1.92 bits per heavy atom. The molecule has 0 aromatic carbocycles. The molecule has 0 aromatic rings. The monoisotopic (exact) mass is 575 g/mol. The lowest BCUT2D eigenvalue weighted by Gasteiger charge is -2.26. The van der Waals surface area contributed by atoms with E-state index in [4.69, 9.17) is 40.3 Å². The number of nitrogens with zero attached hydrogens (tertiary/aromatic N) is 1. The lowest BCUT2D eigenvalue weighted by atomic mass is 10.0. The molecule has 0 saturated heterocycles. The van der Waals surface area contributed by atoms with Crippen LogP contribution in [0, 0.1) is 5.92 Å². The van der Waals surface area contributed by atoms with Crippen LogP contribution in [-0.4, -0.2) is 78.5 Å². The number of hydrogen-bond donors (Lipinski definition) is 8. The third kappa shape index (κ3) is 16.6. The van der Waals surface area contributed by atoms with Gasteiger partial charge in [0.25, 0.3) is 0 Å². The molecule has 39 heavy (non-hydrogen) atoms. The first-order chi connectivity index (χ1) is 18.3. The molecular formula is C24H46ClN9O5. The Kier molecular flexibility index (Phi) is 18.5. The zero-order valence-corrected chi connectivity index (χ0v) is 23.7. The second kappa shape index (κ2) is 20.0. The van der Waals surface area contributed by atoms with Crippen molar-refractivity contribution in [3.63, 3.8) is 0 Å². The van der Waals surface area contributed by atoms with Crippen molar-refractivity contribution >= 4 is 47.0 Å². The van der Waals surface area contributed by atoms with Crippen molar-refractivity contribution in [3.8, 4) is 0 Å². The number of Topliss-reactive ketones (excluding diaryl/α,β-unsaturated/α-hetero) is 1. The van der Waals surface area contributed by atoms with Gasteiger partial charge in [0.15, 0.2) is 11.7 Å². The molecule has 0 radical (unpaired) electrons. The van der Waals surface area contributed by atoms with Gasteiger partial charge in [0, 0.05) is 13.0 Å². The summed E-state index contributed by atoms with van der Waals surface area (Å²) < 4.78 is 0. The smallest absolute Gasteiger partial charge is 0.243 e. The molecule has 4 amide bonds. The van der Waals surface area contributed by atoms with Gasteiger partial charge in [0.05, 0.1) is 18.0 Å². The van der Waals surface area contributed by atoms with Crippen molar-refractivity contribution < 1.29 is 24.0 Å². The van der Waals surface area contributed by atoms with Gasteiger partial charge in [-0.2, -0.15) is 0 Å². The van der Waals surface area contributed by atoms with E-state index in [2.05, 4.69) is 20.9 Å². The second-order valence-electron chi connectivity index (χ2n) is 9.76. The molecule has 0 aliphatic rings. The van der Waals surface area contributed by atoms with Gasteiger partial charge in [-0.15, -0.1) is 11.6 Å². The van der Waals surface area contributed by atoms with Gasteiger partial charge in [0.1, 0.15) is 12.1 Å². The number of ketones is 1. The largest absolute Gasteiger partial charge is 0.370 e. The second-order valence-corrected chi connectivity index (χ2v) is 10.0. The molecule has 0 rings (SSSR count). The van der Waals surface area contributed by atoms with Crippen molar-refractivity contribution in [1.82, 2.24) is 16.0 Å². The summed E-state index contributed by atoms with van der Waals surface area (Å²) in [5.74, 6) is -3.34. The molecule has 0 spiro atoms. The van der Waals surface area contributed by atoms with Crippen LogP contribution in [0.3, 0.4) is 0 Å². The Bertz CT molecular complexity index is 837. The Morgan fingerprint density at radius 1 is 0.795 bits per heavy atom. The predicted molar refractivity (Wildman–Crippen MR) is 150 cm³/mol. The number of aliphatic imine (C=N–C) groups is 1. The van der Waals surface area contributed by atoms with E-state index in [-0.39, 0.29) is 50.0 Å². The fourth-order valence-electron chi connectivity index (χ4n) is 3.63. The summed E-state index contributed by atoms with van der Waals surface area (Å²) >= 11 is 5.72. The number of carbonyl (C=O) groups excluding carboxylic acids is 5. The highest BCUT2D eigenvalue weighted by molar-refractivity contribution is 6.28. The summed E-state index contributed by atoms with van der Waals surface area (Å²) in [6.07, 6.45) is 2.30. The standard InChI is InChI=1S/C24H46ClN9O5/c1-14(2)12-18(23(39)32-16(19(35)13-25)7-5-11-31-24(29)30)34-22(38)17(8-9-20(28)36)33-21(37)15(27)6-3-4-10-26/h14-18H,3-13,26-27H2,1-2H3,(H2,28,36)(H,32,39)(H,33,37)(H,34,38)(H4,29,30,31)/t15-,16-,17-,18-/m0/s1. The summed E-state index contributed by atoms with van der Waals surface area (Å²) in [6.45, 7) is 4.43. The molecule has 14 nitrogen and oxygen atoms in total. The van der Waals surface area contributed by atoms with E-state index < -0.39 is 53.6 Å². The van der Waals surface area contributed by atoms with E-state index in [9.17, 15) is 24.0 Å². The molecule has 0 bridgehead atoms. The number of primary amides is 1. The Morgan fingerprint density at radius 2 is 1.38 bits per heavy atom. The zero-order chi connectivity index (χ0) is 30.0. The summed E-state index contributed by atoms with van der Waals surface area (Å²) in [7, 11) is 0. The van der Waals surface area contributed by atoms with Crippen LogP contribution in [0.25, 0.3) is 0 Å². The molecule has 0 fully saturated rings. The van der Waals surface area contributed by atoms with Crippen LogP contribution in [-0.2, 0) is 24.0 Å². The minimum absolute atomic E-state index is 0.0141. The van der Waals surface area contributed by atoms with Gasteiger partial charge in [-0.05, 0) is 51.0 Å². The van der Waals surface area contributed by atoms with Crippen molar-refractivity contribution in [1.29, 1.82) is 0 Å². The maximum atomic E-state index is 13.2. The molecule has 0 aromatic heterocycles. The molecule has 4 atom stereocenters. The maximum absolute atomic E-state index is 13.2. The SMILES string of the molecule is CC(C)C[C@H](NC(=O)[C@H](CCC(N)=O)NC(=O)[C@@H](N)CCCCN)C(=O)N[C@@H](CCCN=C(N)N)C(=O)CCl.